The fourth-order valence-corrected chi connectivity index (χ4v) is 2.78. The van der Waals surface area contributed by atoms with Crippen LogP contribution in [-0.2, 0) is 11.4 Å². The van der Waals surface area contributed by atoms with Crippen molar-refractivity contribution >= 4 is 12.1 Å². The summed E-state index contributed by atoms with van der Waals surface area (Å²) in [5, 5.41) is 3.98. The fourth-order valence-electron chi connectivity index (χ4n) is 2.78. The molecule has 1 amide bonds. The molecule has 0 heterocycles. The van der Waals surface area contributed by atoms with Crippen molar-refractivity contribution in [2.45, 2.75) is 20.5 Å². The zero-order valence-corrected chi connectivity index (χ0v) is 17.9. The van der Waals surface area contributed by atoms with Gasteiger partial charge in [-0.3, -0.25) is 4.79 Å². The second-order valence-electron chi connectivity index (χ2n) is 7.01. The highest BCUT2D eigenvalue weighted by Gasteiger charge is 2.06. The van der Waals surface area contributed by atoms with Gasteiger partial charge in [0, 0.05) is 0 Å². The maximum Gasteiger partial charge on any atom is 0.277 e. The first-order valence-corrected chi connectivity index (χ1v) is 9.92. The largest absolute Gasteiger partial charge is 0.493 e. The third kappa shape index (κ3) is 6.60. The number of amides is 1. The lowest BCUT2D eigenvalue weighted by Crippen LogP contribution is -2.24. The van der Waals surface area contributed by atoms with Crippen LogP contribution < -0.4 is 19.6 Å². The van der Waals surface area contributed by atoms with Crippen LogP contribution in [0.2, 0.25) is 0 Å². The molecule has 0 radical (unpaired) electrons. The standard InChI is InChI=1S/C25H26N2O4/c1-18-9-11-22(13-19(18)2)30-17-25(28)27-26-15-21-10-12-23(24(14-21)29-3)31-16-20-7-5-4-6-8-20/h4-15H,16-17H2,1-3H3,(H,27,28). The van der Waals surface area contributed by atoms with Gasteiger partial charge in [-0.05, 0) is 66.4 Å². The number of carbonyl (C=O) groups excluding carboxylic acids is 1. The maximum atomic E-state index is 12.0. The summed E-state index contributed by atoms with van der Waals surface area (Å²) in [7, 11) is 1.58. The van der Waals surface area contributed by atoms with E-state index in [1.54, 1.807) is 13.2 Å². The summed E-state index contributed by atoms with van der Waals surface area (Å²) in [6.45, 7) is 4.35. The van der Waals surface area contributed by atoms with Crippen LogP contribution in [0.4, 0.5) is 0 Å². The lowest BCUT2D eigenvalue weighted by molar-refractivity contribution is -0.123. The van der Waals surface area contributed by atoms with Gasteiger partial charge in [-0.2, -0.15) is 5.10 Å². The van der Waals surface area contributed by atoms with Crippen molar-refractivity contribution in [1.82, 2.24) is 5.43 Å². The van der Waals surface area contributed by atoms with Gasteiger partial charge in [0.25, 0.3) is 5.91 Å². The maximum absolute atomic E-state index is 12.0. The molecule has 3 aromatic carbocycles. The molecular formula is C25H26N2O4. The van der Waals surface area contributed by atoms with E-state index >= 15 is 0 Å². The van der Waals surface area contributed by atoms with Gasteiger partial charge in [0.2, 0.25) is 0 Å². The number of hydrazone groups is 1. The van der Waals surface area contributed by atoms with Gasteiger partial charge >= 0.3 is 0 Å². The van der Waals surface area contributed by atoms with Crippen LogP contribution in [0.15, 0.2) is 71.8 Å². The third-order valence-corrected chi connectivity index (χ3v) is 4.68. The number of methoxy groups -OCH3 is 1. The minimum Gasteiger partial charge on any atom is -0.493 e. The molecule has 0 spiro atoms. The Kier molecular flexibility index (Phi) is 7.65. The summed E-state index contributed by atoms with van der Waals surface area (Å²) in [6, 6.07) is 21.0. The predicted octanol–water partition coefficient (Wildman–Crippen LogP) is 4.42. The number of carbonyl (C=O) groups is 1. The van der Waals surface area contributed by atoms with Crippen LogP contribution in [0.5, 0.6) is 17.2 Å². The molecule has 6 heteroatoms. The van der Waals surface area contributed by atoms with E-state index in [9.17, 15) is 4.79 Å². The molecule has 0 aliphatic rings. The lowest BCUT2D eigenvalue weighted by Gasteiger charge is -2.11. The van der Waals surface area contributed by atoms with Gasteiger partial charge in [0.15, 0.2) is 18.1 Å². The highest BCUT2D eigenvalue weighted by molar-refractivity contribution is 5.83. The van der Waals surface area contributed by atoms with Crippen LogP contribution in [0.25, 0.3) is 0 Å². The molecule has 0 atom stereocenters. The van der Waals surface area contributed by atoms with Gasteiger partial charge < -0.3 is 14.2 Å². The van der Waals surface area contributed by atoms with E-state index in [4.69, 9.17) is 14.2 Å². The summed E-state index contributed by atoms with van der Waals surface area (Å²) >= 11 is 0. The van der Waals surface area contributed by atoms with E-state index in [2.05, 4.69) is 10.5 Å². The van der Waals surface area contributed by atoms with Crippen molar-refractivity contribution in [3.8, 4) is 17.2 Å². The number of nitrogens with one attached hydrogen (secondary N) is 1. The first-order valence-electron chi connectivity index (χ1n) is 9.92. The summed E-state index contributed by atoms with van der Waals surface area (Å²) in [5.41, 5.74) is 6.58. The SMILES string of the molecule is COc1cc(C=NNC(=O)COc2ccc(C)c(C)c2)ccc1OCc1ccccc1. The summed E-state index contributed by atoms with van der Waals surface area (Å²) < 4.78 is 16.8. The molecule has 0 bridgehead atoms. The Hall–Kier alpha value is -3.80. The summed E-state index contributed by atoms with van der Waals surface area (Å²) in [4.78, 5) is 12.0. The first kappa shape index (κ1) is 21.9. The van der Waals surface area contributed by atoms with Gasteiger partial charge in [-0.15, -0.1) is 0 Å². The number of hydrogen-bond acceptors (Lipinski definition) is 5. The molecule has 0 aromatic heterocycles. The molecule has 31 heavy (non-hydrogen) atoms. The lowest BCUT2D eigenvalue weighted by atomic mass is 10.1. The minimum atomic E-state index is -0.343. The zero-order chi connectivity index (χ0) is 22.1. The average Bonchev–Trinajstić information content (AvgIpc) is 2.79. The number of rotatable bonds is 9. The normalized spacial score (nSPS) is 10.7. The van der Waals surface area contributed by atoms with E-state index in [0.29, 0.717) is 23.9 Å². The van der Waals surface area contributed by atoms with Crippen LogP contribution in [0.3, 0.4) is 0 Å². The Morgan fingerprint density at radius 3 is 2.48 bits per heavy atom. The number of ether oxygens (including phenoxy) is 3. The molecule has 6 nitrogen and oxygen atoms in total. The molecule has 0 saturated heterocycles. The van der Waals surface area contributed by atoms with Crippen molar-refractivity contribution in [2.75, 3.05) is 13.7 Å². The number of aryl methyl sites for hydroxylation is 2. The molecule has 1 N–H and O–H groups in total. The van der Waals surface area contributed by atoms with Crippen molar-refractivity contribution in [1.29, 1.82) is 0 Å². The number of nitrogens with zero attached hydrogens (tertiary/aromatic N) is 1. The van der Waals surface area contributed by atoms with Crippen molar-refractivity contribution in [3.63, 3.8) is 0 Å². The van der Waals surface area contributed by atoms with Gasteiger partial charge in [0.05, 0.1) is 13.3 Å². The molecule has 0 unspecified atom stereocenters. The molecule has 0 aliphatic heterocycles. The second-order valence-corrected chi connectivity index (χ2v) is 7.01. The molecule has 0 fully saturated rings. The first-order chi connectivity index (χ1) is 15.0. The van der Waals surface area contributed by atoms with Crippen LogP contribution in [0.1, 0.15) is 22.3 Å². The van der Waals surface area contributed by atoms with E-state index < -0.39 is 0 Å². The van der Waals surface area contributed by atoms with Crippen molar-refractivity contribution in [3.05, 3.63) is 89.0 Å². The topological polar surface area (TPSA) is 69.2 Å². The predicted molar refractivity (Wildman–Crippen MR) is 121 cm³/mol. The Morgan fingerprint density at radius 2 is 1.74 bits per heavy atom. The second kappa shape index (κ2) is 10.8. The Morgan fingerprint density at radius 1 is 0.935 bits per heavy atom. The van der Waals surface area contributed by atoms with Crippen LogP contribution in [-0.4, -0.2) is 25.8 Å². The quantitative estimate of drug-likeness (QED) is 0.413. The Labute approximate surface area is 182 Å². The third-order valence-electron chi connectivity index (χ3n) is 4.68. The Bertz CT molecular complexity index is 1050. The highest BCUT2D eigenvalue weighted by Crippen LogP contribution is 2.28. The van der Waals surface area contributed by atoms with E-state index in [1.165, 1.54) is 11.8 Å². The van der Waals surface area contributed by atoms with Gasteiger partial charge in [-0.1, -0.05) is 36.4 Å². The minimum absolute atomic E-state index is 0.116. The molecule has 3 rings (SSSR count). The van der Waals surface area contributed by atoms with Crippen molar-refractivity contribution in [2.24, 2.45) is 5.10 Å². The molecule has 0 aliphatic carbocycles. The fraction of sp³-hybridized carbons (Fsp3) is 0.200. The van der Waals surface area contributed by atoms with Crippen LogP contribution >= 0.6 is 0 Å². The van der Waals surface area contributed by atoms with Gasteiger partial charge in [0.1, 0.15) is 12.4 Å². The monoisotopic (exact) mass is 418 g/mol. The molecule has 0 saturated carbocycles. The van der Waals surface area contributed by atoms with E-state index in [1.807, 2.05) is 74.5 Å². The molecule has 3 aromatic rings. The van der Waals surface area contributed by atoms with E-state index in [-0.39, 0.29) is 12.5 Å². The van der Waals surface area contributed by atoms with Crippen LogP contribution in [0, 0.1) is 13.8 Å². The summed E-state index contributed by atoms with van der Waals surface area (Å²) in [6.07, 6.45) is 1.54. The van der Waals surface area contributed by atoms with Crippen molar-refractivity contribution < 1.29 is 19.0 Å². The molecule has 160 valence electrons. The number of hydrogen-bond donors (Lipinski definition) is 1. The highest BCUT2D eigenvalue weighted by atomic mass is 16.5. The smallest absolute Gasteiger partial charge is 0.277 e. The molecular weight excluding hydrogens is 392 g/mol. The Balaban J connectivity index is 1.51. The van der Waals surface area contributed by atoms with E-state index in [0.717, 1.165) is 16.7 Å². The summed E-state index contributed by atoms with van der Waals surface area (Å²) in [5.74, 6) is 1.53. The zero-order valence-electron chi connectivity index (χ0n) is 17.9. The average molecular weight is 418 g/mol. The van der Waals surface area contributed by atoms with Gasteiger partial charge in [-0.25, -0.2) is 5.43 Å². The number of benzene rings is 3.